The fourth-order valence-corrected chi connectivity index (χ4v) is 2.23. The summed E-state index contributed by atoms with van der Waals surface area (Å²) in [6, 6.07) is 5.61. The highest BCUT2D eigenvalue weighted by molar-refractivity contribution is 5.49. The molecular weight excluding hydrogens is 266 g/mol. The van der Waals surface area contributed by atoms with Crippen molar-refractivity contribution in [2.24, 2.45) is 0 Å². The molecule has 0 bridgehead atoms. The molecule has 1 saturated carbocycles. The van der Waals surface area contributed by atoms with E-state index in [1.165, 1.54) is 0 Å². The van der Waals surface area contributed by atoms with Gasteiger partial charge in [0, 0.05) is 29.7 Å². The number of ether oxygens (including phenoxy) is 1. The molecule has 1 fully saturated rings. The van der Waals surface area contributed by atoms with Crippen LogP contribution in [-0.2, 0) is 6.42 Å². The third-order valence-corrected chi connectivity index (χ3v) is 3.43. The molecule has 0 aliphatic heterocycles. The molecule has 1 aliphatic rings. The van der Waals surface area contributed by atoms with Gasteiger partial charge < -0.3 is 15.0 Å². The number of aromatic nitrogens is 2. The number of nitrogens with two attached hydrogens (primary N) is 1. The van der Waals surface area contributed by atoms with Gasteiger partial charge in [0.2, 0.25) is 0 Å². The first-order valence-electron chi connectivity index (χ1n) is 6.93. The van der Waals surface area contributed by atoms with Gasteiger partial charge >= 0.3 is 5.56 Å². The van der Waals surface area contributed by atoms with Gasteiger partial charge in [-0.3, -0.25) is 4.79 Å². The van der Waals surface area contributed by atoms with E-state index in [2.05, 4.69) is 11.6 Å². The van der Waals surface area contributed by atoms with Crippen LogP contribution in [0.4, 0.5) is 5.69 Å². The van der Waals surface area contributed by atoms with E-state index in [0.717, 1.165) is 18.4 Å². The highest BCUT2D eigenvalue weighted by Crippen LogP contribution is 2.33. The van der Waals surface area contributed by atoms with E-state index in [1.807, 2.05) is 6.07 Å². The van der Waals surface area contributed by atoms with E-state index in [9.17, 15) is 4.79 Å². The van der Waals surface area contributed by atoms with Gasteiger partial charge in [-0.15, -0.1) is 6.58 Å². The van der Waals surface area contributed by atoms with Gasteiger partial charge in [0.1, 0.15) is 5.75 Å². The minimum absolute atomic E-state index is 0.0967. The average molecular weight is 283 g/mol. The largest absolute Gasteiger partial charge is 0.434 e. The second-order valence-electron chi connectivity index (χ2n) is 5.14. The molecule has 3 rings (SSSR count). The molecule has 21 heavy (non-hydrogen) atoms. The van der Waals surface area contributed by atoms with Crippen LogP contribution in [0.5, 0.6) is 11.6 Å². The Morgan fingerprint density at radius 1 is 1.48 bits per heavy atom. The highest BCUT2D eigenvalue weighted by atomic mass is 16.5. The summed E-state index contributed by atoms with van der Waals surface area (Å²) in [5.41, 5.74) is 7.12. The second-order valence-corrected chi connectivity index (χ2v) is 5.14. The quantitative estimate of drug-likeness (QED) is 0.676. The Bertz CT molecular complexity index is 733. The Hall–Kier alpha value is -2.56. The Balaban J connectivity index is 1.95. The van der Waals surface area contributed by atoms with Crippen molar-refractivity contribution in [2.45, 2.75) is 25.3 Å². The summed E-state index contributed by atoms with van der Waals surface area (Å²) in [5.74, 6) is 0.682. The number of benzene rings is 1. The number of allylic oxidation sites excluding steroid dienone is 1. The number of nitrogens with zero attached hydrogens (tertiary/aromatic N) is 2. The van der Waals surface area contributed by atoms with Crippen LogP contribution in [0, 0.1) is 0 Å². The first-order chi connectivity index (χ1) is 10.2. The minimum atomic E-state index is -0.193. The molecule has 5 nitrogen and oxygen atoms in total. The molecule has 1 aliphatic carbocycles. The molecule has 0 radical (unpaired) electrons. The van der Waals surface area contributed by atoms with E-state index in [-0.39, 0.29) is 11.4 Å². The number of rotatable bonds is 5. The molecule has 0 unspecified atom stereocenters. The van der Waals surface area contributed by atoms with Crippen LogP contribution >= 0.6 is 0 Å². The summed E-state index contributed by atoms with van der Waals surface area (Å²) >= 11 is 0. The summed E-state index contributed by atoms with van der Waals surface area (Å²) in [5, 5.41) is 0. The molecular formula is C16H17N3O2. The maximum atomic E-state index is 12.3. The average Bonchev–Trinajstić information content (AvgIpc) is 3.29. The Kier molecular flexibility index (Phi) is 3.48. The van der Waals surface area contributed by atoms with Crippen molar-refractivity contribution in [3.8, 4) is 11.6 Å². The number of hydrogen-bond acceptors (Lipinski definition) is 4. The van der Waals surface area contributed by atoms with Crippen molar-refractivity contribution < 1.29 is 4.74 Å². The Morgan fingerprint density at radius 3 is 3.00 bits per heavy atom. The van der Waals surface area contributed by atoms with Gasteiger partial charge in [0.05, 0.1) is 0 Å². The lowest BCUT2D eigenvalue weighted by Gasteiger charge is -2.11. The van der Waals surface area contributed by atoms with Crippen molar-refractivity contribution in [3.05, 3.63) is 59.2 Å². The fourth-order valence-electron chi connectivity index (χ4n) is 2.23. The topological polar surface area (TPSA) is 70.1 Å². The summed E-state index contributed by atoms with van der Waals surface area (Å²) in [6.07, 6.45) is 7.76. The van der Waals surface area contributed by atoms with Crippen molar-refractivity contribution in [2.75, 3.05) is 5.73 Å². The van der Waals surface area contributed by atoms with Crippen LogP contribution in [0.25, 0.3) is 0 Å². The standard InChI is InChI=1S/C16H17N3O2/c1-2-3-11-10-12(17)4-7-14(11)21-15-16(20)19(9-8-18-15)13-5-6-13/h2,4,7-10,13H,1,3,5-6,17H2. The van der Waals surface area contributed by atoms with Gasteiger partial charge in [0.15, 0.2) is 0 Å². The summed E-state index contributed by atoms with van der Waals surface area (Å²) in [7, 11) is 0. The van der Waals surface area contributed by atoms with Gasteiger partial charge in [-0.25, -0.2) is 4.98 Å². The first kappa shape index (κ1) is 13.4. The van der Waals surface area contributed by atoms with Crippen LogP contribution in [0.1, 0.15) is 24.4 Å². The maximum Gasteiger partial charge on any atom is 0.313 e. The number of anilines is 1. The van der Waals surface area contributed by atoms with Crippen molar-refractivity contribution >= 4 is 5.69 Å². The van der Waals surface area contributed by atoms with Gasteiger partial charge in [-0.2, -0.15) is 0 Å². The molecule has 0 spiro atoms. The van der Waals surface area contributed by atoms with E-state index >= 15 is 0 Å². The van der Waals surface area contributed by atoms with Gasteiger partial charge in [-0.05, 0) is 37.5 Å². The first-order valence-corrected chi connectivity index (χ1v) is 6.93. The van der Waals surface area contributed by atoms with Crippen molar-refractivity contribution in [1.82, 2.24) is 9.55 Å². The van der Waals surface area contributed by atoms with Crippen LogP contribution in [0.15, 0.2) is 48.0 Å². The van der Waals surface area contributed by atoms with E-state index in [4.69, 9.17) is 10.5 Å². The number of nitrogen functional groups attached to an aromatic ring is 1. The molecule has 0 atom stereocenters. The van der Waals surface area contributed by atoms with Crippen molar-refractivity contribution in [3.63, 3.8) is 0 Å². The monoisotopic (exact) mass is 283 g/mol. The highest BCUT2D eigenvalue weighted by Gasteiger charge is 2.25. The normalized spacial score (nSPS) is 13.9. The molecule has 0 amide bonds. The van der Waals surface area contributed by atoms with E-state index < -0.39 is 0 Å². The minimum Gasteiger partial charge on any atom is -0.434 e. The van der Waals surface area contributed by atoms with Crippen LogP contribution in [-0.4, -0.2) is 9.55 Å². The van der Waals surface area contributed by atoms with Gasteiger partial charge in [0.25, 0.3) is 5.88 Å². The fraction of sp³-hybridized carbons (Fsp3) is 0.250. The van der Waals surface area contributed by atoms with Crippen LogP contribution < -0.4 is 16.0 Å². The smallest absolute Gasteiger partial charge is 0.313 e. The number of hydrogen-bond donors (Lipinski definition) is 1. The molecule has 2 N–H and O–H groups in total. The van der Waals surface area contributed by atoms with Crippen molar-refractivity contribution in [1.29, 1.82) is 0 Å². The summed E-state index contributed by atoms with van der Waals surface area (Å²) in [6.45, 7) is 3.72. The second kappa shape index (κ2) is 5.44. The third-order valence-electron chi connectivity index (χ3n) is 3.43. The zero-order valence-corrected chi connectivity index (χ0v) is 11.7. The predicted octanol–water partition coefficient (Wildman–Crippen LogP) is 2.68. The summed E-state index contributed by atoms with van der Waals surface area (Å²) < 4.78 is 7.41. The lowest BCUT2D eigenvalue weighted by molar-refractivity contribution is 0.440. The Labute approximate surface area is 122 Å². The van der Waals surface area contributed by atoms with Crippen LogP contribution in [0.3, 0.4) is 0 Å². The molecule has 0 saturated heterocycles. The summed E-state index contributed by atoms with van der Waals surface area (Å²) in [4.78, 5) is 16.4. The maximum absolute atomic E-state index is 12.3. The lowest BCUT2D eigenvalue weighted by Crippen LogP contribution is -2.20. The zero-order chi connectivity index (χ0) is 14.8. The van der Waals surface area contributed by atoms with E-state index in [1.54, 1.807) is 35.2 Å². The molecule has 1 aromatic carbocycles. The molecule has 2 aromatic rings. The molecule has 5 heteroatoms. The zero-order valence-electron chi connectivity index (χ0n) is 11.7. The predicted molar refractivity (Wildman–Crippen MR) is 81.6 cm³/mol. The lowest BCUT2D eigenvalue weighted by atomic mass is 10.1. The molecule has 108 valence electrons. The van der Waals surface area contributed by atoms with Gasteiger partial charge in [-0.1, -0.05) is 6.08 Å². The SMILES string of the molecule is C=CCc1cc(N)ccc1Oc1nccn(C2CC2)c1=O. The third kappa shape index (κ3) is 2.81. The molecule has 1 aromatic heterocycles. The van der Waals surface area contributed by atoms with E-state index in [0.29, 0.717) is 23.9 Å². The Morgan fingerprint density at radius 2 is 2.29 bits per heavy atom. The molecule has 1 heterocycles. The van der Waals surface area contributed by atoms with Crippen LogP contribution in [0.2, 0.25) is 0 Å².